The minimum Gasteiger partial charge on any atom is -0.325 e. The minimum atomic E-state index is -3.33. The fraction of sp³-hybridized carbons (Fsp3) is 0.500. The number of rotatable bonds is 2. The first-order valence-corrected chi connectivity index (χ1v) is 9.66. The molecule has 24 heavy (non-hydrogen) atoms. The highest BCUT2D eigenvalue weighted by Crippen LogP contribution is 2.35. The average molecular weight is 351 g/mol. The molecule has 0 aromatic heterocycles. The second-order valence-electron chi connectivity index (χ2n) is 6.49. The molecule has 1 unspecified atom stereocenters. The highest BCUT2D eigenvalue weighted by Gasteiger charge is 2.51. The zero-order valence-electron chi connectivity index (χ0n) is 13.8. The van der Waals surface area contributed by atoms with E-state index in [9.17, 15) is 18.0 Å². The normalized spacial score (nSPS) is 25.5. The smallest absolute Gasteiger partial charge is 0.246 e. The van der Waals surface area contributed by atoms with Crippen molar-refractivity contribution < 1.29 is 18.0 Å². The molecule has 0 radical (unpaired) electrons. The van der Waals surface area contributed by atoms with Crippen LogP contribution in [0.4, 0.5) is 5.69 Å². The molecule has 0 aliphatic carbocycles. The number of nitrogens with zero attached hydrogens (tertiary/aromatic N) is 3. The largest absolute Gasteiger partial charge is 0.325 e. The maximum absolute atomic E-state index is 12.5. The number of anilines is 1. The van der Waals surface area contributed by atoms with Crippen molar-refractivity contribution in [1.29, 1.82) is 0 Å². The van der Waals surface area contributed by atoms with Crippen LogP contribution in [0.3, 0.4) is 0 Å². The summed E-state index contributed by atoms with van der Waals surface area (Å²) in [5.74, 6) is -0.355. The maximum Gasteiger partial charge on any atom is 0.246 e. The minimum absolute atomic E-state index is 0.0260. The Morgan fingerprint density at radius 2 is 1.83 bits per heavy atom. The van der Waals surface area contributed by atoms with Crippen molar-refractivity contribution in [2.45, 2.75) is 18.9 Å². The van der Waals surface area contributed by atoms with Gasteiger partial charge in [-0.2, -0.15) is 4.31 Å². The lowest BCUT2D eigenvalue weighted by molar-refractivity contribution is -0.142. The van der Waals surface area contributed by atoms with E-state index in [1.54, 1.807) is 9.80 Å². The lowest BCUT2D eigenvalue weighted by atomic mass is 9.92. The van der Waals surface area contributed by atoms with Crippen LogP contribution in [0.25, 0.3) is 0 Å². The van der Waals surface area contributed by atoms with E-state index in [-0.39, 0.29) is 24.9 Å². The van der Waals surface area contributed by atoms with Gasteiger partial charge in [-0.15, -0.1) is 0 Å². The molecule has 2 amide bonds. The summed E-state index contributed by atoms with van der Waals surface area (Å²) in [4.78, 5) is 27.8. The second kappa shape index (κ2) is 5.86. The van der Waals surface area contributed by atoms with Gasteiger partial charge in [-0.05, 0) is 18.6 Å². The van der Waals surface area contributed by atoms with Gasteiger partial charge in [0, 0.05) is 25.7 Å². The molecule has 0 bridgehead atoms. The van der Waals surface area contributed by atoms with Gasteiger partial charge < -0.3 is 9.80 Å². The van der Waals surface area contributed by atoms with Gasteiger partial charge in [-0.25, -0.2) is 8.42 Å². The van der Waals surface area contributed by atoms with Gasteiger partial charge in [0.25, 0.3) is 0 Å². The number of hydrogen-bond acceptors (Lipinski definition) is 4. The van der Waals surface area contributed by atoms with Crippen molar-refractivity contribution in [2.75, 3.05) is 37.3 Å². The van der Waals surface area contributed by atoms with Crippen LogP contribution in [-0.4, -0.2) is 67.4 Å². The van der Waals surface area contributed by atoms with E-state index < -0.39 is 15.6 Å². The molecule has 0 N–H and O–H groups in total. The Balaban J connectivity index is 1.96. The van der Waals surface area contributed by atoms with Crippen LogP contribution in [0, 0.1) is 0 Å². The molecule has 130 valence electrons. The summed E-state index contributed by atoms with van der Waals surface area (Å²) in [6.45, 7) is 2.29. The monoisotopic (exact) mass is 351 g/mol. The summed E-state index contributed by atoms with van der Waals surface area (Å²) in [7, 11) is -3.33. The van der Waals surface area contributed by atoms with Crippen LogP contribution in [-0.2, 0) is 19.6 Å². The summed E-state index contributed by atoms with van der Waals surface area (Å²) in [5.41, 5.74) is 0.0986. The zero-order valence-corrected chi connectivity index (χ0v) is 14.6. The quantitative estimate of drug-likeness (QED) is 0.767. The van der Waals surface area contributed by atoms with Gasteiger partial charge >= 0.3 is 0 Å². The molecule has 1 aromatic rings. The first-order valence-electron chi connectivity index (χ1n) is 7.82. The molecule has 2 aliphatic heterocycles. The standard InChI is InChI=1S/C16H21N3O4S/c1-13(20)19-10-15(21)18(14-6-4-3-5-7-14)12-16(19)8-9-17(11-16)24(2,22)23/h3-7H,8-12H2,1-2H3. The Kier molecular flexibility index (Phi) is 4.13. The molecule has 2 aliphatic rings. The van der Waals surface area contributed by atoms with E-state index in [4.69, 9.17) is 0 Å². The average Bonchev–Trinajstić information content (AvgIpc) is 2.95. The lowest BCUT2D eigenvalue weighted by Gasteiger charge is -2.48. The molecule has 0 saturated carbocycles. The topological polar surface area (TPSA) is 78.0 Å². The number of para-hydroxylation sites is 1. The molecule has 8 heteroatoms. The van der Waals surface area contributed by atoms with Crippen LogP contribution in [0.1, 0.15) is 13.3 Å². The number of carbonyl (C=O) groups is 2. The van der Waals surface area contributed by atoms with Gasteiger partial charge in [-0.3, -0.25) is 9.59 Å². The summed E-state index contributed by atoms with van der Waals surface area (Å²) in [6.07, 6.45) is 1.70. The van der Waals surface area contributed by atoms with Crippen LogP contribution in [0.2, 0.25) is 0 Å². The SMILES string of the molecule is CC(=O)N1CC(=O)N(c2ccccc2)CC12CCN(S(C)(=O)=O)C2. The fourth-order valence-electron chi connectivity index (χ4n) is 3.60. The molecule has 1 spiro atoms. The van der Waals surface area contributed by atoms with Gasteiger partial charge in [-0.1, -0.05) is 18.2 Å². The first kappa shape index (κ1) is 16.9. The number of carbonyl (C=O) groups excluding carboxylic acids is 2. The maximum atomic E-state index is 12.5. The third kappa shape index (κ3) is 2.91. The van der Waals surface area contributed by atoms with Crippen LogP contribution in [0.15, 0.2) is 30.3 Å². The Hall–Kier alpha value is -1.93. The summed E-state index contributed by atoms with van der Waals surface area (Å²) >= 11 is 0. The van der Waals surface area contributed by atoms with Crippen molar-refractivity contribution in [3.05, 3.63) is 30.3 Å². The van der Waals surface area contributed by atoms with E-state index in [1.165, 1.54) is 17.5 Å². The molecular formula is C16H21N3O4S. The molecule has 1 atom stereocenters. The van der Waals surface area contributed by atoms with Crippen LogP contribution in [0.5, 0.6) is 0 Å². The Labute approximate surface area is 141 Å². The van der Waals surface area contributed by atoms with Crippen molar-refractivity contribution in [3.63, 3.8) is 0 Å². The number of sulfonamides is 1. The fourth-order valence-corrected chi connectivity index (χ4v) is 4.49. The summed E-state index contributed by atoms with van der Waals surface area (Å²) in [5, 5.41) is 0. The van der Waals surface area contributed by atoms with E-state index in [0.29, 0.717) is 19.5 Å². The van der Waals surface area contributed by atoms with Crippen LogP contribution >= 0.6 is 0 Å². The van der Waals surface area contributed by atoms with Gasteiger partial charge in [0.05, 0.1) is 18.3 Å². The molecule has 7 nitrogen and oxygen atoms in total. The Morgan fingerprint density at radius 1 is 1.17 bits per heavy atom. The van der Waals surface area contributed by atoms with Crippen molar-refractivity contribution in [3.8, 4) is 0 Å². The molecule has 2 fully saturated rings. The summed E-state index contributed by atoms with van der Waals surface area (Å²) in [6, 6.07) is 9.27. The molecule has 3 rings (SSSR count). The third-order valence-electron chi connectivity index (χ3n) is 4.83. The van der Waals surface area contributed by atoms with E-state index in [0.717, 1.165) is 5.69 Å². The van der Waals surface area contributed by atoms with Crippen LogP contribution < -0.4 is 4.90 Å². The van der Waals surface area contributed by atoms with Crippen molar-refractivity contribution in [1.82, 2.24) is 9.21 Å². The number of piperazine rings is 1. The van der Waals surface area contributed by atoms with Gasteiger partial charge in [0.15, 0.2) is 0 Å². The highest BCUT2D eigenvalue weighted by molar-refractivity contribution is 7.88. The Morgan fingerprint density at radius 3 is 2.38 bits per heavy atom. The predicted octanol–water partition coefficient (Wildman–Crippen LogP) is 0.286. The molecule has 2 heterocycles. The van der Waals surface area contributed by atoms with E-state index in [1.807, 2.05) is 30.3 Å². The third-order valence-corrected chi connectivity index (χ3v) is 6.08. The van der Waals surface area contributed by atoms with E-state index in [2.05, 4.69) is 0 Å². The van der Waals surface area contributed by atoms with E-state index >= 15 is 0 Å². The van der Waals surface area contributed by atoms with Crippen molar-refractivity contribution >= 4 is 27.5 Å². The van der Waals surface area contributed by atoms with Gasteiger partial charge in [0.2, 0.25) is 21.8 Å². The zero-order chi connectivity index (χ0) is 17.5. The number of benzene rings is 1. The molecule has 1 aromatic carbocycles. The second-order valence-corrected chi connectivity index (χ2v) is 8.47. The van der Waals surface area contributed by atoms with Gasteiger partial charge in [0.1, 0.15) is 6.54 Å². The lowest BCUT2D eigenvalue weighted by Crippen LogP contribution is -2.67. The number of amides is 2. The Bertz CT molecular complexity index is 765. The number of hydrogen-bond donors (Lipinski definition) is 0. The first-order chi connectivity index (χ1) is 11.2. The summed E-state index contributed by atoms with van der Waals surface area (Å²) < 4.78 is 25.2. The van der Waals surface area contributed by atoms with Crippen molar-refractivity contribution in [2.24, 2.45) is 0 Å². The predicted molar refractivity (Wildman–Crippen MR) is 89.9 cm³/mol. The molecular weight excluding hydrogens is 330 g/mol. The molecule has 2 saturated heterocycles. The highest BCUT2D eigenvalue weighted by atomic mass is 32.2.